The molecular weight excluding hydrogens is 430 g/mol. The topological polar surface area (TPSA) is 94.5 Å². The van der Waals surface area contributed by atoms with Crippen LogP contribution >= 0.6 is 0 Å². The lowest BCUT2D eigenvalue weighted by Crippen LogP contribution is -2.33. The van der Waals surface area contributed by atoms with E-state index in [-0.39, 0.29) is 30.7 Å². The second kappa shape index (κ2) is 9.30. The summed E-state index contributed by atoms with van der Waals surface area (Å²) in [4.78, 5) is 16.7. The molecule has 2 saturated carbocycles. The Bertz CT molecular complexity index is 939. The van der Waals surface area contributed by atoms with Crippen LogP contribution in [0, 0.1) is 11.8 Å². The Morgan fingerprint density at radius 3 is 2.62 bits per heavy atom. The van der Waals surface area contributed by atoms with Crippen molar-refractivity contribution in [1.82, 2.24) is 19.9 Å². The minimum Gasteiger partial charge on any atom is -0.366 e. The molecule has 0 saturated heterocycles. The van der Waals surface area contributed by atoms with Crippen LogP contribution in [-0.4, -0.2) is 46.1 Å². The van der Waals surface area contributed by atoms with Gasteiger partial charge in [0.1, 0.15) is 13.2 Å². The van der Waals surface area contributed by atoms with Crippen molar-refractivity contribution in [2.45, 2.75) is 63.0 Å². The van der Waals surface area contributed by atoms with E-state index >= 15 is 0 Å². The van der Waals surface area contributed by atoms with Crippen molar-refractivity contribution in [1.29, 1.82) is 0 Å². The van der Waals surface area contributed by atoms with Crippen molar-refractivity contribution < 1.29 is 27.1 Å². The summed E-state index contributed by atoms with van der Waals surface area (Å²) in [5, 5.41) is 7.21. The average Bonchev–Trinajstić information content (AvgIpc) is 3.49. The number of nitrogens with two attached hydrogens (primary N) is 1. The molecule has 0 unspecified atom stereocenters. The summed E-state index contributed by atoms with van der Waals surface area (Å²) in [6.45, 7) is -1.23. The van der Waals surface area contributed by atoms with Crippen LogP contribution in [0.5, 0.6) is 0 Å². The van der Waals surface area contributed by atoms with Crippen LogP contribution in [0.25, 0.3) is 5.65 Å². The quantitative estimate of drug-likeness (QED) is 0.563. The van der Waals surface area contributed by atoms with Crippen molar-refractivity contribution >= 4 is 11.6 Å². The summed E-state index contributed by atoms with van der Waals surface area (Å²) < 4.78 is 57.6. The number of alkyl halides is 4. The van der Waals surface area contributed by atoms with E-state index in [1.165, 1.54) is 0 Å². The maximum Gasteiger partial charge on any atom is 0.261 e. The van der Waals surface area contributed by atoms with E-state index in [1.54, 1.807) is 16.9 Å². The maximum absolute atomic E-state index is 13.5. The molecule has 176 valence electrons. The third kappa shape index (κ3) is 5.55. The highest BCUT2D eigenvalue weighted by molar-refractivity contribution is 5.77. The van der Waals surface area contributed by atoms with E-state index in [0.717, 1.165) is 18.4 Å². The first-order valence-electron chi connectivity index (χ1n) is 10.9. The number of fused-ring (bicyclic) bond motifs is 1. The highest BCUT2D eigenvalue weighted by Crippen LogP contribution is 2.42. The standard InChI is InChI=1S/C21H27F4N5O2/c22-16(23)10-32-11-18(31)29-20(13-1-2-13)14-7-17-28-15(9-30(17)27-8-14)19(26)12-3-5-21(24,25)6-4-12/h7-9,12-13,16,19-20H,1-6,10-11,26H2,(H,29,31)/t19-,20+/m0/s1. The molecule has 0 bridgehead atoms. The first-order chi connectivity index (χ1) is 15.2. The van der Waals surface area contributed by atoms with Gasteiger partial charge in [-0.15, -0.1) is 0 Å². The number of amides is 1. The number of carbonyl (C=O) groups excluding carboxylic acids is 1. The van der Waals surface area contributed by atoms with Gasteiger partial charge in [-0.3, -0.25) is 4.79 Å². The van der Waals surface area contributed by atoms with Gasteiger partial charge in [0.15, 0.2) is 5.65 Å². The molecule has 7 nitrogen and oxygen atoms in total. The predicted molar refractivity (Wildman–Crippen MR) is 107 cm³/mol. The van der Waals surface area contributed by atoms with E-state index in [0.29, 0.717) is 24.2 Å². The van der Waals surface area contributed by atoms with E-state index in [1.807, 2.05) is 6.07 Å². The van der Waals surface area contributed by atoms with Gasteiger partial charge in [0.05, 0.1) is 30.2 Å². The van der Waals surface area contributed by atoms with Crippen molar-refractivity contribution in [3.8, 4) is 0 Å². The van der Waals surface area contributed by atoms with E-state index in [9.17, 15) is 22.4 Å². The van der Waals surface area contributed by atoms with E-state index in [2.05, 4.69) is 15.4 Å². The van der Waals surface area contributed by atoms with Gasteiger partial charge < -0.3 is 15.8 Å². The first kappa shape index (κ1) is 22.9. The Morgan fingerprint density at radius 1 is 1.25 bits per heavy atom. The molecule has 0 aromatic carbocycles. The molecule has 0 spiro atoms. The van der Waals surface area contributed by atoms with Crippen molar-refractivity contribution in [3.63, 3.8) is 0 Å². The Balaban J connectivity index is 1.45. The molecule has 2 aromatic heterocycles. The Kier molecular flexibility index (Phi) is 6.66. The van der Waals surface area contributed by atoms with Crippen LogP contribution in [0.3, 0.4) is 0 Å². The van der Waals surface area contributed by atoms with Gasteiger partial charge in [0, 0.05) is 12.8 Å². The lowest BCUT2D eigenvalue weighted by molar-refractivity contribution is -0.128. The summed E-state index contributed by atoms with van der Waals surface area (Å²) in [5.74, 6) is -2.91. The molecular formula is C21H27F4N5O2. The van der Waals surface area contributed by atoms with Crippen LogP contribution < -0.4 is 11.1 Å². The molecule has 1 amide bonds. The molecule has 11 heteroatoms. The fourth-order valence-corrected chi connectivity index (χ4v) is 4.26. The van der Waals surface area contributed by atoms with Crippen LogP contribution in [0.2, 0.25) is 0 Å². The zero-order valence-electron chi connectivity index (χ0n) is 17.5. The number of carbonyl (C=O) groups is 1. The summed E-state index contributed by atoms with van der Waals surface area (Å²) in [7, 11) is 0. The average molecular weight is 457 g/mol. The molecule has 0 aliphatic heterocycles. The molecule has 2 heterocycles. The zero-order valence-corrected chi connectivity index (χ0v) is 17.5. The molecule has 2 aliphatic carbocycles. The molecule has 0 radical (unpaired) electrons. The Morgan fingerprint density at radius 2 is 1.97 bits per heavy atom. The normalized spacial score (nSPS) is 21.1. The fraction of sp³-hybridized carbons (Fsp3) is 0.667. The first-order valence-corrected chi connectivity index (χ1v) is 10.9. The molecule has 32 heavy (non-hydrogen) atoms. The molecule has 2 aromatic rings. The van der Waals surface area contributed by atoms with Gasteiger partial charge in [0.25, 0.3) is 6.43 Å². The number of hydrogen-bond acceptors (Lipinski definition) is 5. The third-order valence-corrected chi connectivity index (χ3v) is 6.22. The van der Waals surface area contributed by atoms with Gasteiger partial charge in [-0.2, -0.15) is 5.10 Å². The van der Waals surface area contributed by atoms with Crippen LogP contribution in [0.4, 0.5) is 17.6 Å². The Labute approximate surface area is 182 Å². The number of nitrogens with one attached hydrogen (secondary N) is 1. The van der Waals surface area contributed by atoms with Gasteiger partial charge in [0.2, 0.25) is 11.8 Å². The number of ether oxygens (including phenoxy) is 1. The largest absolute Gasteiger partial charge is 0.366 e. The van der Waals surface area contributed by atoms with Gasteiger partial charge in [-0.05, 0) is 49.1 Å². The molecule has 2 fully saturated rings. The smallest absolute Gasteiger partial charge is 0.261 e. The number of aromatic nitrogens is 3. The minimum absolute atomic E-state index is 0.0641. The molecule has 2 atom stereocenters. The lowest BCUT2D eigenvalue weighted by atomic mass is 9.81. The molecule has 4 rings (SSSR count). The van der Waals surface area contributed by atoms with E-state index < -0.39 is 37.5 Å². The number of halogens is 4. The zero-order chi connectivity index (χ0) is 22.9. The van der Waals surface area contributed by atoms with Crippen molar-refractivity contribution in [3.05, 3.63) is 29.7 Å². The van der Waals surface area contributed by atoms with Gasteiger partial charge >= 0.3 is 0 Å². The summed E-state index contributed by atoms with van der Waals surface area (Å²) >= 11 is 0. The third-order valence-electron chi connectivity index (χ3n) is 6.22. The van der Waals surface area contributed by atoms with Crippen molar-refractivity contribution in [2.75, 3.05) is 13.2 Å². The summed E-state index contributed by atoms with van der Waals surface area (Å²) in [6, 6.07) is 1.04. The number of hydrogen-bond donors (Lipinski definition) is 2. The number of rotatable bonds is 9. The van der Waals surface area contributed by atoms with Crippen LogP contribution in [0.1, 0.15) is 61.9 Å². The second-order valence-electron chi connectivity index (χ2n) is 8.77. The van der Waals surface area contributed by atoms with Crippen molar-refractivity contribution in [2.24, 2.45) is 17.6 Å². The number of nitrogens with zero attached hydrogens (tertiary/aromatic N) is 3. The van der Waals surface area contributed by atoms with E-state index in [4.69, 9.17) is 10.5 Å². The SMILES string of the molecule is N[C@H](c1cn2ncc([C@H](NC(=O)COCC(F)F)C3CC3)cc2n1)C1CCC(F)(F)CC1. The number of imidazole rings is 1. The fourth-order valence-electron chi connectivity index (χ4n) is 4.26. The summed E-state index contributed by atoms with van der Waals surface area (Å²) in [6.07, 6.45) is 2.97. The highest BCUT2D eigenvalue weighted by atomic mass is 19.3. The Hall–Kier alpha value is -2.27. The second-order valence-corrected chi connectivity index (χ2v) is 8.77. The molecule has 3 N–H and O–H groups in total. The summed E-state index contributed by atoms with van der Waals surface area (Å²) in [5.41, 5.74) is 8.23. The van der Waals surface area contributed by atoms with Gasteiger partial charge in [-0.25, -0.2) is 27.1 Å². The lowest BCUT2D eigenvalue weighted by Gasteiger charge is -2.31. The van der Waals surface area contributed by atoms with Crippen LogP contribution in [-0.2, 0) is 9.53 Å². The molecule has 2 aliphatic rings. The minimum atomic E-state index is -2.63. The monoisotopic (exact) mass is 457 g/mol. The maximum atomic E-state index is 13.5. The van der Waals surface area contributed by atoms with Gasteiger partial charge in [-0.1, -0.05) is 0 Å². The highest BCUT2D eigenvalue weighted by Gasteiger charge is 2.38. The predicted octanol–water partition coefficient (Wildman–Crippen LogP) is 3.40. The van der Waals surface area contributed by atoms with Crippen LogP contribution in [0.15, 0.2) is 18.5 Å².